The lowest BCUT2D eigenvalue weighted by Crippen LogP contribution is -2.32. The molecule has 3 heterocycles. The fourth-order valence-electron chi connectivity index (χ4n) is 4.60. The monoisotopic (exact) mass is 454 g/mol. The van der Waals surface area contributed by atoms with Gasteiger partial charge in [-0.3, -0.25) is 0 Å². The molecule has 2 atom stereocenters. The number of halogens is 1. The van der Waals surface area contributed by atoms with E-state index in [9.17, 15) is 4.79 Å². The Morgan fingerprint density at radius 3 is 2.62 bits per heavy atom. The van der Waals surface area contributed by atoms with E-state index in [1.807, 2.05) is 36.4 Å². The largest absolute Gasteiger partial charge is 0.480 e. The Bertz CT molecular complexity index is 1440. The average Bonchev–Trinajstić information content (AvgIpc) is 3.35. The van der Waals surface area contributed by atoms with Crippen molar-refractivity contribution in [3.8, 4) is 5.75 Å². The predicted octanol–water partition coefficient (Wildman–Crippen LogP) is 4.76. The van der Waals surface area contributed by atoms with E-state index in [0.717, 1.165) is 22.4 Å². The van der Waals surface area contributed by atoms with Crippen molar-refractivity contribution in [3.05, 3.63) is 113 Å². The van der Waals surface area contributed by atoms with Crippen LogP contribution in [0.25, 0.3) is 5.70 Å². The highest BCUT2D eigenvalue weighted by Gasteiger charge is 2.41. The molecule has 4 aromatic rings. The summed E-state index contributed by atoms with van der Waals surface area (Å²) in [5.41, 5.74) is 4.16. The van der Waals surface area contributed by atoms with E-state index in [1.54, 1.807) is 35.0 Å². The smallest absolute Gasteiger partial charge is 0.337 e. The van der Waals surface area contributed by atoms with E-state index in [1.165, 1.54) is 19.5 Å². The van der Waals surface area contributed by atoms with Gasteiger partial charge in [-0.15, -0.1) is 0 Å². The molecule has 6 rings (SSSR count). The number of nitrogens with zero attached hydrogens (tertiary/aromatic N) is 3. The van der Waals surface area contributed by atoms with E-state index in [4.69, 9.17) is 9.47 Å². The molecule has 0 bridgehead atoms. The first-order valence-corrected chi connectivity index (χ1v) is 10.7. The van der Waals surface area contributed by atoms with Gasteiger partial charge in [0.2, 0.25) is 5.95 Å². The van der Waals surface area contributed by atoms with Crippen molar-refractivity contribution in [1.82, 2.24) is 14.8 Å². The summed E-state index contributed by atoms with van der Waals surface area (Å²) in [4.78, 5) is 16.3. The Kier molecular flexibility index (Phi) is 4.65. The number of nitrogens with one attached hydrogen (secondary N) is 1. The molecule has 2 aliphatic heterocycles. The van der Waals surface area contributed by atoms with Crippen LogP contribution in [0.15, 0.2) is 84.7 Å². The summed E-state index contributed by atoms with van der Waals surface area (Å²) in [5.74, 6) is 0.443. The highest BCUT2D eigenvalue weighted by atomic mass is 19.1. The number of fused-ring (bicyclic) bond motifs is 3. The zero-order valence-electron chi connectivity index (χ0n) is 18.1. The van der Waals surface area contributed by atoms with Gasteiger partial charge >= 0.3 is 5.97 Å². The summed E-state index contributed by atoms with van der Waals surface area (Å²) < 4.78 is 28.1. The van der Waals surface area contributed by atoms with Crippen molar-refractivity contribution >= 4 is 17.6 Å². The molecule has 7 nitrogen and oxygen atoms in total. The van der Waals surface area contributed by atoms with Crippen LogP contribution in [0, 0.1) is 5.82 Å². The predicted molar refractivity (Wildman–Crippen MR) is 123 cm³/mol. The lowest BCUT2D eigenvalue weighted by Gasteiger charge is -2.39. The zero-order valence-corrected chi connectivity index (χ0v) is 18.1. The fourth-order valence-corrected chi connectivity index (χ4v) is 4.60. The van der Waals surface area contributed by atoms with Gasteiger partial charge in [0.15, 0.2) is 0 Å². The first-order chi connectivity index (χ1) is 16.7. The van der Waals surface area contributed by atoms with E-state index in [2.05, 4.69) is 15.4 Å². The Balaban J connectivity index is 1.58. The summed E-state index contributed by atoms with van der Waals surface area (Å²) in [6, 6.07) is 20.8. The van der Waals surface area contributed by atoms with Crippen LogP contribution in [0.5, 0.6) is 5.75 Å². The van der Waals surface area contributed by atoms with Gasteiger partial charge in [0.05, 0.1) is 18.4 Å². The van der Waals surface area contributed by atoms with Crippen molar-refractivity contribution < 1.29 is 18.7 Å². The quantitative estimate of drug-likeness (QED) is 0.450. The number of carbonyl (C=O) groups is 1. The molecule has 0 radical (unpaired) electrons. The molecule has 0 amide bonds. The van der Waals surface area contributed by atoms with E-state index in [0.29, 0.717) is 22.8 Å². The van der Waals surface area contributed by atoms with Crippen molar-refractivity contribution in [3.63, 3.8) is 0 Å². The van der Waals surface area contributed by atoms with Gasteiger partial charge in [-0.1, -0.05) is 42.5 Å². The van der Waals surface area contributed by atoms with E-state index < -0.39 is 18.1 Å². The summed E-state index contributed by atoms with van der Waals surface area (Å²) in [6.45, 7) is 0. The first-order valence-electron chi connectivity index (χ1n) is 10.7. The second kappa shape index (κ2) is 7.84. The van der Waals surface area contributed by atoms with Gasteiger partial charge in [0.25, 0.3) is 0 Å². The second-order valence-corrected chi connectivity index (χ2v) is 8.02. The molecule has 168 valence electrons. The summed E-state index contributed by atoms with van der Waals surface area (Å²) in [6.07, 6.45) is 0.882. The summed E-state index contributed by atoms with van der Waals surface area (Å²) in [5, 5.41) is 7.79. The highest BCUT2D eigenvalue weighted by molar-refractivity contribution is 5.89. The molecule has 0 unspecified atom stereocenters. The van der Waals surface area contributed by atoms with Gasteiger partial charge in [-0.2, -0.15) is 10.1 Å². The van der Waals surface area contributed by atoms with Gasteiger partial charge < -0.3 is 14.8 Å². The van der Waals surface area contributed by atoms with Crippen LogP contribution in [-0.4, -0.2) is 27.8 Å². The maximum absolute atomic E-state index is 15.1. The molecule has 3 aromatic carbocycles. The standard InChI is InChI=1S/C26H19FN4O3/c1-33-25(32)16-12-10-15(11-13-16)24-21-22(18-7-3-5-9-20(18)34-24)30-26-28-14-29-31(26)23(21)17-6-2-4-8-19(17)27/h2-14,23-24H,1H3,(H,28,29,30)/t23-,24-/m1/s1. The minimum absolute atomic E-state index is 0.346. The number of rotatable bonds is 3. The third kappa shape index (κ3) is 3.07. The van der Waals surface area contributed by atoms with Crippen LogP contribution in [0.2, 0.25) is 0 Å². The molecule has 8 heteroatoms. The summed E-state index contributed by atoms with van der Waals surface area (Å²) >= 11 is 0. The minimum atomic E-state index is -0.589. The fraction of sp³-hybridized carbons (Fsp3) is 0.115. The molecular formula is C26H19FN4O3. The van der Waals surface area contributed by atoms with Gasteiger partial charge in [0.1, 0.15) is 30.0 Å². The zero-order chi connectivity index (χ0) is 23.2. The first kappa shape index (κ1) is 20.2. The van der Waals surface area contributed by atoms with Crippen molar-refractivity contribution in [1.29, 1.82) is 0 Å². The molecule has 0 saturated carbocycles. The third-order valence-corrected chi connectivity index (χ3v) is 6.16. The molecule has 1 aromatic heterocycles. The van der Waals surface area contributed by atoms with Crippen molar-refractivity contribution in [2.24, 2.45) is 0 Å². The molecule has 0 fully saturated rings. The SMILES string of the molecule is COC(=O)c1ccc([C@H]2Oc3ccccc3C3=C2[C@@H](c2ccccc2F)n2ncnc2N3)cc1. The van der Waals surface area contributed by atoms with E-state index in [-0.39, 0.29) is 5.82 Å². The molecule has 34 heavy (non-hydrogen) atoms. The minimum Gasteiger partial charge on any atom is -0.480 e. The van der Waals surface area contributed by atoms with E-state index >= 15 is 4.39 Å². The Hall–Kier alpha value is -4.46. The number of aromatic nitrogens is 3. The van der Waals surface area contributed by atoms with Crippen LogP contribution in [0.1, 0.15) is 39.2 Å². The molecule has 0 aliphatic carbocycles. The summed E-state index contributed by atoms with van der Waals surface area (Å²) in [7, 11) is 1.34. The highest BCUT2D eigenvalue weighted by Crippen LogP contribution is 2.50. The average molecular weight is 454 g/mol. The van der Waals surface area contributed by atoms with Crippen LogP contribution in [0.3, 0.4) is 0 Å². The number of hydrogen-bond donors (Lipinski definition) is 1. The van der Waals surface area contributed by atoms with Crippen molar-refractivity contribution in [2.75, 3.05) is 12.4 Å². The van der Waals surface area contributed by atoms with Gasteiger partial charge in [-0.25, -0.2) is 13.9 Å². The maximum Gasteiger partial charge on any atom is 0.337 e. The Labute approximate surface area is 194 Å². The maximum atomic E-state index is 15.1. The molecule has 0 spiro atoms. The number of para-hydroxylation sites is 1. The number of carbonyl (C=O) groups excluding carboxylic acids is 1. The lowest BCUT2D eigenvalue weighted by atomic mass is 9.84. The molecule has 0 saturated heterocycles. The Morgan fingerprint density at radius 2 is 1.82 bits per heavy atom. The number of esters is 1. The number of ether oxygens (including phenoxy) is 2. The van der Waals surface area contributed by atoms with Gasteiger partial charge in [-0.05, 0) is 35.9 Å². The van der Waals surface area contributed by atoms with Crippen LogP contribution < -0.4 is 10.1 Å². The normalized spacial score (nSPS) is 18.2. The topological polar surface area (TPSA) is 78.3 Å². The van der Waals surface area contributed by atoms with Crippen molar-refractivity contribution in [2.45, 2.75) is 12.1 Å². The third-order valence-electron chi connectivity index (χ3n) is 6.16. The van der Waals surface area contributed by atoms with Crippen LogP contribution in [0.4, 0.5) is 10.3 Å². The molecule has 2 aliphatic rings. The molecule has 1 N–H and O–H groups in total. The van der Waals surface area contributed by atoms with Crippen LogP contribution >= 0.6 is 0 Å². The second-order valence-electron chi connectivity index (χ2n) is 8.02. The number of hydrogen-bond acceptors (Lipinski definition) is 6. The Morgan fingerprint density at radius 1 is 1.06 bits per heavy atom. The number of anilines is 1. The number of benzene rings is 3. The van der Waals surface area contributed by atoms with Gasteiger partial charge in [0, 0.05) is 16.7 Å². The molecular weight excluding hydrogens is 435 g/mol. The lowest BCUT2D eigenvalue weighted by molar-refractivity contribution is 0.0600. The van der Waals surface area contributed by atoms with Crippen LogP contribution in [-0.2, 0) is 4.74 Å². The number of methoxy groups -OCH3 is 1.